The van der Waals surface area contributed by atoms with Crippen LogP contribution < -0.4 is 21.1 Å². The first-order valence-corrected chi connectivity index (χ1v) is 9.29. The van der Waals surface area contributed by atoms with Crippen molar-refractivity contribution in [2.45, 2.75) is 0 Å². The Labute approximate surface area is 174 Å². The van der Waals surface area contributed by atoms with E-state index in [0.717, 1.165) is 37.4 Å². The predicted octanol–water partition coefficient (Wildman–Crippen LogP) is 2.39. The van der Waals surface area contributed by atoms with Crippen molar-refractivity contribution in [1.29, 1.82) is 0 Å². The van der Waals surface area contributed by atoms with Crippen molar-refractivity contribution >= 4 is 17.3 Å². The van der Waals surface area contributed by atoms with E-state index in [1.54, 1.807) is 0 Å². The Morgan fingerprint density at radius 3 is 2.65 bits per heavy atom. The van der Waals surface area contributed by atoms with Gasteiger partial charge < -0.3 is 21.1 Å². The number of carbonyl (C=O) groups is 1. The highest BCUT2D eigenvalue weighted by Gasteiger charge is 2.23. The molecule has 31 heavy (non-hydrogen) atoms. The lowest BCUT2D eigenvalue weighted by Crippen LogP contribution is -2.45. The van der Waals surface area contributed by atoms with Gasteiger partial charge in [0.15, 0.2) is 11.5 Å². The maximum Gasteiger partial charge on any atom is 0.276 e. The van der Waals surface area contributed by atoms with E-state index >= 15 is 0 Å². The quantitative estimate of drug-likeness (QED) is 0.550. The summed E-state index contributed by atoms with van der Waals surface area (Å²) >= 11 is 0. The van der Waals surface area contributed by atoms with Crippen molar-refractivity contribution < 1.29 is 22.7 Å². The van der Waals surface area contributed by atoms with Crippen molar-refractivity contribution in [1.82, 2.24) is 20.3 Å². The van der Waals surface area contributed by atoms with Crippen LogP contribution in [-0.2, 0) is 0 Å². The Morgan fingerprint density at radius 2 is 1.97 bits per heavy atom. The molecule has 3 heterocycles. The molecule has 3 aromatic rings. The van der Waals surface area contributed by atoms with E-state index in [-0.39, 0.29) is 17.3 Å². The summed E-state index contributed by atoms with van der Waals surface area (Å²) in [6.45, 7) is 2.02. The van der Waals surface area contributed by atoms with Crippen molar-refractivity contribution in [2.24, 2.45) is 5.92 Å². The molecule has 1 aliphatic heterocycles. The first-order valence-electron chi connectivity index (χ1n) is 9.29. The molecule has 1 fully saturated rings. The number of nitrogens with zero attached hydrogens (tertiary/aromatic N) is 3. The number of halogens is 3. The number of anilines is 2. The lowest BCUT2D eigenvalue weighted by molar-refractivity contribution is 0.102. The molecule has 160 valence electrons. The fourth-order valence-corrected chi connectivity index (χ4v) is 2.95. The van der Waals surface area contributed by atoms with Crippen LogP contribution in [0.15, 0.2) is 36.8 Å². The lowest BCUT2D eigenvalue weighted by atomic mass is 10.1. The highest BCUT2D eigenvalue weighted by atomic mass is 19.1. The Bertz CT molecular complexity index is 1120. The van der Waals surface area contributed by atoms with Gasteiger partial charge in [0, 0.05) is 25.1 Å². The number of benzene rings is 1. The van der Waals surface area contributed by atoms with Gasteiger partial charge in [0.2, 0.25) is 5.88 Å². The molecule has 0 atom stereocenters. The van der Waals surface area contributed by atoms with E-state index in [9.17, 15) is 18.0 Å². The van der Waals surface area contributed by atoms with Crippen molar-refractivity contribution in [2.75, 3.05) is 30.7 Å². The summed E-state index contributed by atoms with van der Waals surface area (Å²) < 4.78 is 48.3. The van der Waals surface area contributed by atoms with Gasteiger partial charge in [-0.3, -0.25) is 4.79 Å². The number of nitrogens with one attached hydrogen (secondary N) is 2. The minimum absolute atomic E-state index is 0.135. The molecule has 4 rings (SSSR count). The molecule has 1 aromatic carbocycles. The molecule has 0 aliphatic carbocycles. The van der Waals surface area contributed by atoms with Crippen LogP contribution in [-0.4, -0.2) is 40.6 Å². The summed E-state index contributed by atoms with van der Waals surface area (Å²) in [6, 6.07) is 3.83. The first-order chi connectivity index (χ1) is 14.9. The van der Waals surface area contributed by atoms with Gasteiger partial charge in [-0.1, -0.05) is 6.07 Å². The van der Waals surface area contributed by atoms with Crippen LogP contribution in [0, 0.1) is 23.4 Å². The van der Waals surface area contributed by atoms with Crippen LogP contribution in [0.5, 0.6) is 5.88 Å². The summed E-state index contributed by atoms with van der Waals surface area (Å²) in [7, 11) is 0. The van der Waals surface area contributed by atoms with E-state index in [2.05, 4.69) is 25.6 Å². The molecule has 0 saturated carbocycles. The molecule has 0 spiro atoms. The van der Waals surface area contributed by atoms with Gasteiger partial charge in [0.05, 0.1) is 24.1 Å². The molecule has 2 aromatic heterocycles. The molecule has 0 radical (unpaired) electrons. The molecule has 0 bridgehead atoms. The molecule has 1 saturated heterocycles. The normalized spacial score (nSPS) is 13.5. The fourth-order valence-electron chi connectivity index (χ4n) is 2.95. The number of aromatic nitrogens is 3. The zero-order valence-electron chi connectivity index (χ0n) is 16.0. The van der Waals surface area contributed by atoms with Crippen LogP contribution in [0.1, 0.15) is 10.5 Å². The summed E-state index contributed by atoms with van der Waals surface area (Å²) in [5, 5.41) is 5.61. The van der Waals surface area contributed by atoms with E-state index in [4.69, 9.17) is 10.5 Å². The zero-order valence-corrected chi connectivity index (χ0v) is 16.0. The zero-order chi connectivity index (χ0) is 22.0. The van der Waals surface area contributed by atoms with Crippen LogP contribution in [0.3, 0.4) is 0 Å². The van der Waals surface area contributed by atoms with Crippen molar-refractivity contribution in [3.05, 3.63) is 59.9 Å². The Balaban J connectivity index is 1.62. The number of carbonyl (C=O) groups excluding carboxylic acids is 1. The van der Waals surface area contributed by atoms with E-state index in [0.29, 0.717) is 12.5 Å². The van der Waals surface area contributed by atoms with E-state index in [1.165, 1.54) is 12.5 Å². The highest BCUT2D eigenvalue weighted by Crippen LogP contribution is 2.29. The molecule has 1 amide bonds. The molecule has 1 aliphatic rings. The van der Waals surface area contributed by atoms with Gasteiger partial charge in [0.25, 0.3) is 5.91 Å². The van der Waals surface area contributed by atoms with Gasteiger partial charge in [-0.05, 0) is 12.1 Å². The fraction of sp³-hybridized carbons (Fsp3) is 0.200. The third-order valence-electron chi connectivity index (χ3n) is 4.67. The highest BCUT2D eigenvalue weighted by molar-refractivity contribution is 6.07. The number of rotatable bonds is 6. The Kier molecular flexibility index (Phi) is 5.67. The average Bonchev–Trinajstić information content (AvgIpc) is 2.69. The van der Waals surface area contributed by atoms with E-state index < -0.39 is 40.3 Å². The van der Waals surface area contributed by atoms with Crippen LogP contribution >= 0.6 is 0 Å². The summed E-state index contributed by atoms with van der Waals surface area (Å²) in [4.78, 5) is 24.4. The van der Waals surface area contributed by atoms with Crippen molar-refractivity contribution in [3.8, 4) is 17.1 Å². The van der Waals surface area contributed by atoms with Gasteiger partial charge >= 0.3 is 0 Å². The molecule has 8 nitrogen and oxygen atoms in total. The van der Waals surface area contributed by atoms with Gasteiger partial charge in [-0.15, -0.1) is 0 Å². The second kappa shape index (κ2) is 8.56. The van der Waals surface area contributed by atoms with Gasteiger partial charge in [-0.2, -0.15) is 4.98 Å². The average molecular weight is 430 g/mol. The standard InChI is InChI=1S/C20H17F3N6O2/c21-11-2-1-3-12(22)16(11)17-13(23)4-14(24)18(29-17)19(30)28-15-7-26-9-27-20(15)31-8-10-5-25-6-10/h1-4,7,9-10,25H,5-6,8,24H2,(H,28,30). The van der Waals surface area contributed by atoms with Crippen LogP contribution in [0.25, 0.3) is 11.3 Å². The number of ether oxygens (including phenoxy) is 1. The number of pyridine rings is 1. The molecule has 11 heteroatoms. The Hall–Kier alpha value is -3.73. The number of nitrogen functional groups attached to an aromatic ring is 1. The summed E-state index contributed by atoms with van der Waals surface area (Å²) in [5.74, 6) is -3.51. The first kappa shape index (κ1) is 20.5. The molecule has 0 unspecified atom stereocenters. The molecular weight excluding hydrogens is 413 g/mol. The maximum atomic E-state index is 14.4. The van der Waals surface area contributed by atoms with Crippen LogP contribution in [0.2, 0.25) is 0 Å². The predicted molar refractivity (Wildman–Crippen MR) is 106 cm³/mol. The van der Waals surface area contributed by atoms with E-state index in [1.807, 2.05) is 0 Å². The SMILES string of the molecule is Nc1cc(F)c(-c2c(F)cccc2F)nc1C(=O)Nc1cncnc1OCC1CNC1. The van der Waals surface area contributed by atoms with Gasteiger partial charge in [-0.25, -0.2) is 23.1 Å². The third-order valence-corrected chi connectivity index (χ3v) is 4.67. The number of amides is 1. The number of hydrogen-bond acceptors (Lipinski definition) is 7. The summed E-state index contributed by atoms with van der Waals surface area (Å²) in [6.07, 6.45) is 2.57. The summed E-state index contributed by atoms with van der Waals surface area (Å²) in [5.41, 5.74) is 3.78. The van der Waals surface area contributed by atoms with Gasteiger partial charge in [0.1, 0.15) is 29.3 Å². The minimum Gasteiger partial charge on any atom is -0.476 e. The molecular formula is C20H17F3N6O2. The largest absolute Gasteiger partial charge is 0.476 e. The monoisotopic (exact) mass is 430 g/mol. The van der Waals surface area contributed by atoms with Crippen LogP contribution in [0.4, 0.5) is 24.5 Å². The topological polar surface area (TPSA) is 115 Å². The number of hydrogen-bond donors (Lipinski definition) is 3. The van der Waals surface area contributed by atoms with Crippen molar-refractivity contribution in [3.63, 3.8) is 0 Å². The lowest BCUT2D eigenvalue weighted by Gasteiger charge is -2.26. The minimum atomic E-state index is -1.07. The number of nitrogens with two attached hydrogens (primary N) is 1. The third kappa shape index (κ3) is 4.26. The second-order valence-corrected chi connectivity index (χ2v) is 6.88. The second-order valence-electron chi connectivity index (χ2n) is 6.88. The smallest absolute Gasteiger partial charge is 0.276 e. The maximum absolute atomic E-state index is 14.4. The molecule has 4 N–H and O–H groups in total. The Morgan fingerprint density at radius 1 is 1.23 bits per heavy atom.